The average Bonchev–Trinajstić information content (AvgIpc) is 2.63. The highest BCUT2D eigenvalue weighted by Gasteiger charge is 2.04. The first-order valence-corrected chi connectivity index (χ1v) is 5.91. The molecule has 1 aromatic heterocycles. The molecule has 0 saturated carbocycles. The second-order valence-corrected chi connectivity index (χ2v) is 4.52. The highest BCUT2D eigenvalue weighted by atomic mass is 32.1. The van der Waals surface area contributed by atoms with Crippen LogP contribution in [0, 0.1) is 18.5 Å². The van der Waals surface area contributed by atoms with Gasteiger partial charge in [0.15, 0.2) is 0 Å². The number of aromatic amines is 1. The Labute approximate surface area is 101 Å². The first-order valence-electron chi connectivity index (χ1n) is 5.50. The minimum Gasteiger partial charge on any atom is -0.297 e. The number of aromatic nitrogens is 2. The van der Waals surface area contributed by atoms with Crippen LogP contribution in [0.2, 0.25) is 0 Å². The fraction of sp³-hybridized carbons (Fsp3) is 0.308. The molecule has 0 fully saturated rings. The van der Waals surface area contributed by atoms with Crippen molar-refractivity contribution in [3.8, 4) is 5.69 Å². The largest absolute Gasteiger partial charge is 0.297 e. The summed E-state index contributed by atoms with van der Waals surface area (Å²) in [6, 6.07) is 8.42. The highest BCUT2D eigenvalue weighted by molar-refractivity contribution is 7.71. The van der Waals surface area contributed by atoms with Gasteiger partial charge in [0.1, 0.15) is 4.64 Å². The van der Waals surface area contributed by atoms with Gasteiger partial charge in [-0.1, -0.05) is 31.3 Å². The lowest BCUT2D eigenvalue weighted by Crippen LogP contribution is -2.00. The standard InChI is InChI=1S/C13H16N2S/c1-4-11-8-13(16)15(14-11)12-7-9(2)5-6-10(12)3/h5-8,14H,4H2,1-3H3. The topological polar surface area (TPSA) is 20.7 Å². The maximum Gasteiger partial charge on any atom is 0.127 e. The number of hydrogen-bond acceptors (Lipinski definition) is 1. The predicted molar refractivity (Wildman–Crippen MR) is 69.8 cm³/mol. The van der Waals surface area contributed by atoms with Crippen LogP contribution in [0.1, 0.15) is 23.7 Å². The maximum absolute atomic E-state index is 5.36. The van der Waals surface area contributed by atoms with Crippen LogP contribution in [0.15, 0.2) is 24.3 Å². The zero-order chi connectivity index (χ0) is 11.7. The van der Waals surface area contributed by atoms with Gasteiger partial charge in [-0.05, 0) is 43.5 Å². The molecule has 0 aliphatic rings. The van der Waals surface area contributed by atoms with Gasteiger partial charge in [-0.3, -0.25) is 5.10 Å². The number of aryl methyl sites for hydroxylation is 3. The lowest BCUT2D eigenvalue weighted by molar-refractivity contribution is 0.827. The fourth-order valence-corrected chi connectivity index (χ4v) is 2.05. The molecule has 3 heteroatoms. The summed E-state index contributed by atoms with van der Waals surface area (Å²) in [7, 11) is 0. The van der Waals surface area contributed by atoms with Crippen molar-refractivity contribution in [1.82, 2.24) is 9.78 Å². The van der Waals surface area contributed by atoms with E-state index in [1.807, 2.05) is 10.7 Å². The molecule has 0 amide bonds. The number of H-pyrrole nitrogens is 1. The van der Waals surface area contributed by atoms with Crippen molar-refractivity contribution < 1.29 is 0 Å². The van der Waals surface area contributed by atoms with Gasteiger partial charge in [0.05, 0.1) is 5.69 Å². The third kappa shape index (κ3) is 1.95. The predicted octanol–water partition coefficient (Wildman–Crippen LogP) is 3.71. The number of nitrogens with zero attached hydrogens (tertiary/aromatic N) is 1. The van der Waals surface area contributed by atoms with E-state index in [0.717, 1.165) is 16.7 Å². The summed E-state index contributed by atoms with van der Waals surface area (Å²) < 4.78 is 2.82. The molecule has 1 N–H and O–H groups in total. The molecule has 16 heavy (non-hydrogen) atoms. The zero-order valence-corrected chi connectivity index (χ0v) is 10.7. The van der Waals surface area contributed by atoms with Crippen molar-refractivity contribution >= 4 is 12.2 Å². The van der Waals surface area contributed by atoms with Gasteiger partial charge in [0.2, 0.25) is 0 Å². The van der Waals surface area contributed by atoms with Gasteiger partial charge in [-0.15, -0.1) is 0 Å². The molecule has 0 atom stereocenters. The molecule has 0 aliphatic heterocycles. The first kappa shape index (κ1) is 11.1. The van der Waals surface area contributed by atoms with Crippen LogP contribution < -0.4 is 0 Å². The summed E-state index contributed by atoms with van der Waals surface area (Å²) in [5, 5.41) is 3.33. The van der Waals surface area contributed by atoms with Crippen LogP contribution in [-0.2, 0) is 6.42 Å². The minimum absolute atomic E-state index is 0.838. The molecule has 84 valence electrons. The lowest BCUT2D eigenvalue weighted by atomic mass is 10.1. The molecule has 0 spiro atoms. The monoisotopic (exact) mass is 232 g/mol. The molecule has 2 aromatic rings. The smallest absolute Gasteiger partial charge is 0.127 e. The van der Waals surface area contributed by atoms with Gasteiger partial charge >= 0.3 is 0 Å². The fourth-order valence-electron chi connectivity index (χ4n) is 1.76. The molecule has 0 aliphatic carbocycles. The van der Waals surface area contributed by atoms with Crippen LogP contribution in [0.3, 0.4) is 0 Å². The van der Waals surface area contributed by atoms with Crippen LogP contribution >= 0.6 is 12.2 Å². The van der Waals surface area contributed by atoms with E-state index in [0.29, 0.717) is 0 Å². The SMILES string of the molecule is CCc1cc(=S)n(-c2cc(C)ccc2C)[nH]1. The molecule has 0 saturated heterocycles. The molecular formula is C13H16N2S. The molecule has 0 bridgehead atoms. The Morgan fingerprint density at radius 3 is 2.62 bits per heavy atom. The second-order valence-electron chi connectivity index (χ2n) is 4.10. The molecule has 0 unspecified atom stereocenters. The van der Waals surface area contributed by atoms with Gasteiger partial charge in [0, 0.05) is 5.69 Å². The zero-order valence-electron chi connectivity index (χ0n) is 9.87. The van der Waals surface area contributed by atoms with Gasteiger partial charge < -0.3 is 0 Å². The third-order valence-electron chi connectivity index (χ3n) is 2.76. The van der Waals surface area contributed by atoms with E-state index < -0.39 is 0 Å². The van der Waals surface area contributed by atoms with E-state index >= 15 is 0 Å². The summed E-state index contributed by atoms with van der Waals surface area (Å²) in [6.45, 7) is 6.31. The summed E-state index contributed by atoms with van der Waals surface area (Å²) in [4.78, 5) is 0. The molecule has 1 heterocycles. The van der Waals surface area contributed by atoms with Crippen LogP contribution in [0.25, 0.3) is 5.69 Å². The summed E-state index contributed by atoms with van der Waals surface area (Å²) in [5.41, 5.74) is 4.79. The Balaban J connectivity index is 2.62. The molecule has 1 aromatic carbocycles. The quantitative estimate of drug-likeness (QED) is 0.783. The van der Waals surface area contributed by atoms with E-state index in [4.69, 9.17) is 12.2 Å². The van der Waals surface area contributed by atoms with Crippen molar-refractivity contribution in [3.63, 3.8) is 0 Å². The number of hydrogen-bond donors (Lipinski definition) is 1. The van der Waals surface area contributed by atoms with E-state index in [2.05, 4.69) is 44.1 Å². The molecular weight excluding hydrogens is 216 g/mol. The number of benzene rings is 1. The van der Waals surface area contributed by atoms with E-state index in [-0.39, 0.29) is 0 Å². The molecule has 0 radical (unpaired) electrons. The molecule has 2 nitrogen and oxygen atoms in total. The van der Waals surface area contributed by atoms with Crippen LogP contribution in [-0.4, -0.2) is 9.78 Å². The van der Waals surface area contributed by atoms with Gasteiger partial charge in [-0.25, -0.2) is 4.68 Å². The Hall–Kier alpha value is -1.35. The van der Waals surface area contributed by atoms with Gasteiger partial charge in [-0.2, -0.15) is 0 Å². The van der Waals surface area contributed by atoms with Crippen LogP contribution in [0.4, 0.5) is 0 Å². The van der Waals surface area contributed by atoms with Crippen molar-refractivity contribution in [2.45, 2.75) is 27.2 Å². The summed E-state index contributed by atoms with van der Waals surface area (Å²) in [5.74, 6) is 0. The Morgan fingerprint density at radius 2 is 2.00 bits per heavy atom. The minimum atomic E-state index is 0.838. The summed E-state index contributed by atoms with van der Waals surface area (Å²) in [6.07, 6.45) is 0.974. The van der Waals surface area contributed by atoms with E-state index in [9.17, 15) is 0 Å². The van der Waals surface area contributed by atoms with Crippen molar-refractivity contribution in [3.05, 3.63) is 45.7 Å². The Morgan fingerprint density at radius 1 is 1.25 bits per heavy atom. The normalized spacial score (nSPS) is 10.7. The average molecular weight is 232 g/mol. The van der Waals surface area contributed by atoms with Crippen molar-refractivity contribution in [2.75, 3.05) is 0 Å². The maximum atomic E-state index is 5.36. The van der Waals surface area contributed by atoms with Gasteiger partial charge in [0.25, 0.3) is 0 Å². The summed E-state index contributed by atoms with van der Waals surface area (Å²) >= 11 is 5.36. The third-order valence-corrected chi connectivity index (χ3v) is 3.06. The van der Waals surface area contributed by atoms with E-state index in [1.54, 1.807) is 0 Å². The Kier molecular flexibility index (Phi) is 2.97. The molecule has 2 rings (SSSR count). The second kappa shape index (κ2) is 4.26. The van der Waals surface area contributed by atoms with Crippen LogP contribution in [0.5, 0.6) is 0 Å². The number of nitrogens with one attached hydrogen (secondary N) is 1. The van der Waals surface area contributed by atoms with E-state index in [1.165, 1.54) is 16.8 Å². The highest BCUT2D eigenvalue weighted by Crippen LogP contribution is 2.16. The lowest BCUT2D eigenvalue weighted by Gasteiger charge is -2.08. The van der Waals surface area contributed by atoms with Crippen molar-refractivity contribution in [1.29, 1.82) is 0 Å². The number of rotatable bonds is 2. The van der Waals surface area contributed by atoms with Crippen molar-refractivity contribution in [2.24, 2.45) is 0 Å². The first-order chi connectivity index (χ1) is 7.61. The Bertz CT molecular complexity index is 564.